The first-order chi connectivity index (χ1) is 8.67. The number of fused-ring (bicyclic) bond motifs is 1. The summed E-state index contributed by atoms with van der Waals surface area (Å²) in [4.78, 5) is 12.6. The van der Waals surface area contributed by atoms with Gasteiger partial charge in [-0.1, -0.05) is 0 Å². The van der Waals surface area contributed by atoms with Crippen LogP contribution in [0, 0.1) is 6.92 Å². The monoisotopic (exact) mass is 339 g/mol. The van der Waals surface area contributed by atoms with Crippen LogP contribution in [0.25, 0.3) is 20.9 Å². The molecule has 0 atom stereocenters. The maximum Gasteiger partial charge on any atom is 0.173 e. The van der Waals surface area contributed by atoms with Gasteiger partial charge in [0.05, 0.1) is 14.0 Å². The second kappa shape index (κ2) is 4.60. The number of thiophene rings is 2. The minimum atomic E-state index is 0.782. The molecule has 0 aliphatic rings. The smallest absolute Gasteiger partial charge is 0.173 e. The number of hydrogen-bond donors (Lipinski definition) is 1. The highest BCUT2D eigenvalue weighted by Crippen LogP contribution is 2.34. The summed E-state index contributed by atoms with van der Waals surface area (Å²) in [5.41, 5.74) is 0. The Morgan fingerprint density at radius 3 is 2.72 bits per heavy atom. The molecule has 0 fully saturated rings. The Balaban J connectivity index is 2.24. The molecule has 0 amide bonds. The Bertz CT molecular complexity index is 717. The van der Waals surface area contributed by atoms with Crippen molar-refractivity contribution >= 4 is 54.6 Å². The van der Waals surface area contributed by atoms with Gasteiger partial charge in [0.2, 0.25) is 0 Å². The van der Waals surface area contributed by atoms with Gasteiger partial charge in [-0.2, -0.15) is 0 Å². The molecule has 0 aliphatic heterocycles. The van der Waals surface area contributed by atoms with Crippen LogP contribution in [0.3, 0.4) is 0 Å². The Morgan fingerprint density at radius 2 is 2.06 bits per heavy atom. The van der Waals surface area contributed by atoms with Crippen LogP contribution in [-0.2, 0) is 0 Å². The van der Waals surface area contributed by atoms with Crippen molar-refractivity contribution in [1.29, 1.82) is 0 Å². The van der Waals surface area contributed by atoms with Gasteiger partial charge in [0.25, 0.3) is 0 Å². The van der Waals surface area contributed by atoms with Gasteiger partial charge in [-0.05, 0) is 41.1 Å². The third kappa shape index (κ3) is 2.04. The molecule has 18 heavy (non-hydrogen) atoms. The molecule has 3 heterocycles. The minimum Gasteiger partial charge on any atom is -0.372 e. The largest absolute Gasteiger partial charge is 0.372 e. The molecule has 1 N–H and O–H groups in total. The fourth-order valence-corrected chi connectivity index (χ4v) is 3.98. The first kappa shape index (κ1) is 12.1. The molecule has 0 spiro atoms. The average Bonchev–Trinajstić information content (AvgIpc) is 2.92. The van der Waals surface area contributed by atoms with E-state index < -0.39 is 0 Å². The summed E-state index contributed by atoms with van der Waals surface area (Å²) in [6.07, 6.45) is 0. The van der Waals surface area contributed by atoms with Crippen molar-refractivity contribution in [2.45, 2.75) is 6.92 Å². The first-order valence-corrected chi connectivity index (χ1v) is 7.81. The van der Waals surface area contributed by atoms with Gasteiger partial charge in [0.1, 0.15) is 10.6 Å². The second-order valence-electron chi connectivity index (χ2n) is 3.83. The normalized spacial score (nSPS) is 11.1. The topological polar surface area (TPSA) is 37.8 Å². The van der Waals surface area contributed by atoms with E-state index in [0.717, 1.165) is 30.5 Å². The van der Waals surface area contributed by atoms with Gasteiger partial charge in [-0.25, -0.2) is 9.97 Å². The molecular formula is C12H10BrN3S2. The van der Waals surface area contributed by atoms with Gasteiger partial charge in [0, 0.05) is 11.9 Å². The Morgan fingerprint density at radius 1 is 1.22 bits per heavy atom. The molecule has 3 aromatic heterocycles. The molecule has 0 saturated carbocycles. The third-order valence-electron chi connectivity index (χ3n) is 2.55. The zero-order valence-corrected chi connectivity index (χ0v) is 13.0. The first-order valence-electron chi connectivity index (χ1n) is 5.39. The van der Waals surface area contributed by atoms with Crippen LogP contribution in [0.1, 0.15) is 4.88 Å². The second-order valence-corrected chi connectivity index (χ2v) is 7.52. The van der Waals surface area contributed by atoms with Crippen LogP contribution in [0.2, 0.25) is 0 Å². The standard InChI is InChI=1S/C12H10BrN3S2/c1-6-5-7-10(14-2)15-11(16-12(7)17-6)8-3-4-9(13)18-8/h3-5H,1-2H3,(H,14,15,16). The van der Waals surface area contributed by atoms with Crippen molar-refractivity contribution in [2.24, 2.45) is 0 Å². The molecular weight excluding hydrogens is 330 g/mol. The number of aromatic nitrogens is 2. The highest BCUT2D eigenvalue weighted by Gasteiger charge is 2.12. The molecule has 0 radical (unpaired) electrons. The summed E-state index contributed by atoms with van der Waals surface area (Å²) < 4.78 is 1.09. The van der Waals surface area contributed by atoms with Crippen molar-refractivity contribution in [1.82, 2.24) is 9.97 Å². The Kier molecular flexibility index (Phi) is 3.09. The molecule has 0 unspecified atom stereocenters. The maximum atomic E-state index is 4.65. The van der Waals surface area contributed by atoms with Crippen LogP contribution in [0.15, 0.2) is 22.0 Å². The maximum absolute atomic E-state index is 4.65. The summed E-state index contributed by atoms with van der Waals surface area (Å²) in [6, 6.07) is 6.18. The summed E-state index contributed by atoms with van der Waals surface area (Å²) in [5.74, 6) is 1.67. The molecule has 6 heteroatoms. The molecule has 0 aliphatic carbocycles. The zero-order valence-electron chi connectivity index (χ0n) is 9.82. The van der Waals surface area contributed by atoms with Gasteiger partial charge in [-0.15, -0.1) is 22.7 Å². The molecule has 0 saturated heterocycles. The Hall–Kier alpha value is -0.980. The number of rotatable bonds is 2. The Labute approximate surface area is 121 Å². The van der Waals surface area contributed by atoms with Crippen molar-refractivity contribution in [3.05, 3.63) is 26.9 Å². The number of nitrogens with zero attached hydrogens (tertiary/aromatic N) is 2. The lowest BCUT2D eigenvalue weighted by Crippen LogP contribution is -1.96. The van der Waals surface area contributed by atoms with E-state index in [9.17, 15) is 0 Å². The van der Waals surface area contributed by atoms with Gasteiger partial charge in [0.15, 0.2) is 5.82 Å². The zero-order chi connectivity index (χ0) is 12.7. The van der Waals surface area contributed by atoms with E-state index in [0.29, 0.717) is 0 Å². The number of aryl methyl sites for hydroxylation is 1. The van der Waals surface area contributed by atoms with E-state index in [4.69, 9.17) is 0 Å². The van der Waals surface area contributed by atoms with Gasteiger partial charge in [-0.3, -0.25) is 0 Å². The number of halogens is 1. The molecule has 3 aromatic rings. The number of nitrogens with one attached hydrogen (secondary N) is 1. The lowest BCUT2D eigenvalue weighted by molar-refractivity contribution is 1.23. The predicted molar refractivity (Wildman–Crippen MR) is 82.7 cm³/mol. The average molecular weight is 340 g/mol. The van der Waals surface area contributed by atoms with Crippen molar-refractivity contribution in [3.8, 4) is 10.7 Å². The number of anilines is 1. The number of hydrogen-bond acceptors (Lipinski definition) is 5. The SMILES string of the molecule is CNc1nc(-c2ccc(Br)s2)nc2sc(C)cc12. The summed E-state index contributed by atoms with van der Waals surface area (Å²) >= 11 is 6.81. The lowest BCUT2D eigenvalue weighted by atomic mass is 10.3. The van der Waals surface area contributed by atoms with Gasteiger partial charge >= 0.3 is 0 Å². The fourth-order valence-electron chi connectivity index (χ4n) is 1.78. The van der Waals surface area contributed by atoms with Crippen LogP contribution in [0.4, 0.5) is 5.82 Å². The summed E-state index contributed by atoms with van der Waals surface area (Å²) in [7, 11) is 1.89. The lowest BCUT2D eigenvalue weighted by Gasteiger charge is -2.03. The summed E-state index contributed by atoms with van der Waals surface area (Å²) in [6.45, 7) is 2.09. The fraction of sp³-hybridized carbons (Fsp3) is 0.167. The van der Waals surface area contributed by atoms with E-state index in [1.54, 1.807) is 22.7 Å². The third-order valence-corrected chi connectivity index (χ3v) is 5.11. The van der Waals surface area contributed by atoms with Crippen LogP contribution < -0.4 is 5.32 Å². The van der Waals surface area contributed by atoms with E-state index in [1.807, 2.05) is 19.2 Å². The van der Waals surface area contributed by atoms with E-state index >= 15 is 0 Å². The summed E-state index contributed by atoms with van der Waals surface area (Å²) in [5, 5.41) is 4.25. The predicted octanol–water partition coefficient (Wildman–Crippen LogP) is 4.53. The molecule has 3 rings (SSSR count). The van der Waals surface area contributed by atoms with Crippen LogP contribution in [-0.4, -0.2) is 17.0 Å². The van der Waals surface area contributed by atoms with E-state index in [-0.39, 0.29) is 0 Å². The quantitative estimate of drug-likeness (QED) is 0.745. The van der Waals surface area contributed by atoms with E-state index in [2.05, 4.69) is 44.2 Å². The van der Waals surface area contributed by atoms with Crippen LogP contribution >= 0.6 is 38.6 Å². The van der Waals surface area contributed by atoms with E-state index in [1.165, 1.54) is 4.88 Å². The molecule has 3 nitrogen and oxygen atoms in total. The van der Waals surface area contributed by atoms with Gasteiger partial charge < -0.3 is 5.32 Å². The molecule has 0 bridgehead atoms. The highest BCUT2D eigenvalue weighted by atomic mass is 79.9. The molecule has 92 valence electrons. The minimum absolute atomic E-state index is 0.782. The van der Waals surface area contributed by atoms with Crippen molar-refractivity contribution in [2.75, 3.05) is 12.4 Å². The van der Waals surface area contributed by atoms with Crippen molar-refractivity contribution < 1.29 is 0 Å². The molecule has 0 aromatic carbocycles. The van der Waals surface area contributed by atoms with Crippen molar-refractivity contribution in [3.63, 3.8) is 0 Å². The highest BCUT2D eigenvalue weighted by molar-refractivity contribution is 9.11. The van der Waals surface area contributed by atoms with Crippen LogP contribution in [0.5, 0.6) is 0 Å².